The molecule has 0 aromatic rings. The smallest absolute Gasteiger partial charge is 0.232 e. The minimum absolute atomic E-state index is 0.229. The normalized spacial score (nSPS) is 11.0. The molecule has 78 valence electrons. The lowest BCUT2D eigenvalue weighted by Crippen LogP contribution is -2.23. The zero-order valence-corrected chi connectivity index (χ0v) is 11.6. The first-order valence-electron chi connectivity index (χ1n) is 3.29. The van der Waals surface area contributed by atoms with Crippen molar-refractivity contribution in [1.82, 2.24) is 0 Å². The second-order valence-corrected chi connectivity index (χ2v) is 4.48. The molecule has 0 heterocycles. The van der Waals surface area contributed by atoms with Crippen LogP contribution in [-0.4, -0.2) is 27.3 Å². The summed E-state index contributed by atoms with van der Waals surface area (Å²) in [6, 6.07) is 0. The molecule has 13 heavy (non-hydrogen) atoms. The molecule has 1 unspecified atom stereocenters. The average molecular weight is 383 g/mol. The van der Waals surface area contributed by atoms with Gasteiger partial charge in [-0.15, -0.1) is 0 Å². The molecule has 0 aliphatic heterocycles. The Morgan fingerprint density at radius 2 is 1.69 bits per heavy atom. The Labute approximate surface area is 102 Å². The zero-order valence-electron chi connectivity index (χ0n) is 6.80. The molecule has 0 rings (SSSR count). The van der Waals surface area contributed by atoms with Crippen LogP contribution in [0.15, 0.2) is 0 Å². The van der Waals surface area contributed by atoms with Crippen molar-refractivity contribution in [3.63, 3.8) is 0 Å². The van der Waals surface area contributed by atoms with Crippen molar-refractivity contribution in [2.24, 2.45) is 11.5 Å². The topological polar surface area (TPSA) is 86.2 Å². The van der Waals surface area contributed by atoms with Crippen LogP contribution in [-0.2, 0) is 9.59 Å². The lowest BCUT2D eigenvalue weighted by molar-refractivity contribution is -0.118. The predicted molar refractivity (Wildman–Crippen MR) is 63.3 cm³/mol. The molecule has 0 radical (unpaired) electrons. The number of primary amides is 2. The van der Waals surface area contributed by atoms with Crippen LogP contribution >= 0.6 is 47.8 Å². The van der Waals surface area contributed by atoms with Gasteiger partial charge in [-0.25, -0.2) is 0 Å². The van der Waals surface area contributed by atoms with Crippen molar-refractivity contribution in [2.45, 2.75) is 11.2 Å². The Hall–Kier alpha value is 0.380. The first-order chi connectivity index (χ1) is 5.95. The van der Waals surface area contributed by atoms with E-state index < -0.39 is 0 Å². The third-order valence-corrected chi connectivity index (χ3v) is 3.47. The van der Waals surface area contributed by atoms with E-state index in [0.29, 0.717) is 17.1 Å². The van der Waals surface area contributed by atoms with E-state index in [9.17, 15) is 9.59 Å². The van der Waals surface area contributed by atoms with Gasteiger partial charge in [-0.1, -0.05) is 47.8 Å². The van der Waals surface area contributed by atoms with Crippen LogP contribution in [0.25, 0.3) is 0 Å². The van der Waals surface area contributed by atoms with Gasteiger partial charge < -0.3 is 11.5 Å². The summed E-state index contributed by atoms with van der Waals surface area (Å²) in [7, 11) is 0. The van der Waals surface area contributed by atoms with Gasteiger partial charge in [0.05, 0.1) is 0 Å². The monoisotopic (exact) mass is 380 g/mol. The molecular formula is C6H11Br3N2O2. The van der Waals surface area contributed by atoms with E-state index in [0.717, 1.165) is 0 Å². The summed E-state index contributed by atoms with van der Waals surface area (Å²) in [5.41, 5.74) is 9.56. The van der Waals surface area contributed by atoms with Crippen molar-refractivity contribution < 1.29 is 9.59 Å². The molecule has 0 spiro atoms. The summed E-state index contributed by atoms with van der Waals surface area (Å²) in [6.45, 7) is 0. The number of carbonyl (C=O) groups excluding carboxylic acids is 2. The number of halogens is 3. The number of carbonyl (C=O) groups is 2. The summed E-state index contributed by atoms with van der Waals surface area (Å²) in [4.78, 5) is 19.6. The van der Waals surface area contributed by atoms with Crippen LogP contribution in [0.2, 0.25) is 0 Å². The van der Waals surface area contributed by atoms with Gasteiger partial charge in [0, 0.05) is 17.1 Å². The fourth-order valence-electron chi connectivity index (χ4n) is 0.169. The highest BCUT2D eigenvalue weighted by Crippen LogP contribution is 2.00. The summed E-state index contributed by atoms with van der Waals surface area (Å²) < 4.78 is 0. The van der Waals surface area contributed by atoms with Crippen molar-refractivity contribution in [3.8, 4) is 0 Å². The summed E-state index contributed by atoms with van der Waals surface area (Å²) in [6.07, 6.45) is 0.431. The van der Waals surface area contributed by atoms with Gasteiger partial charge in [0.15, 0.2) is 0 Å². The molecule has 7 heteroatoms. The van der Waals surface area contributed by atoms with Crippen molar-refractivity contribution in [1.29, 1.82) is 0 Å². The van der Waals surface area contributed by atoms with Gasteiger partial charge in [-0.05, 0) is 0 Å². The van der Waals surface area contributed by atoms with Gasteiger partial charge in [0.25, 0.3) is 0 Å². The fraction of sp³-hybridized carbons (Fsp3) is 0.667. The second-order valence-electron chi connectivity index (χ2n) is 1.93. The second kappa shape index (κ2) is 10.5. The number of hydrogen-bond donors (Lipinski definition) is 2. The first kappa shape index (κ1) is 15.8. The summed E-state index contributed by atoms with van der Waals surface area (Å²) >= 11 is 9.14. The third kappa shape index (κ3) is 15.2. The van der Waals surface area contributed by atoms with Crippen molar-refractivity contribution >= 4 is 59.6 Å². The van der Waals surface area contributed by atoms with E-state index in [1.807, 2.05) is 0 Å². The Bertz CT molecular complexity index is 166. The van der Waals surface area contributed by atoms with E-state index >= 15 is 0 Å². The van der Waals surface area contributed by atoms with E-state index in [1.165, 1.54) is 0 Å². The predicted octanol–water partition coefficient (Wildman–Crippen LogP) is 0.887. The number of hydrogen-bond acceptors (Lipinski definition) is 2. The standard InChI is InChI=1S/C3H5Br2NO.C3H6BrNO/c4-1-2(5)3(6)7;4-2-1-3(5)6/h2H,1H2,(H2,6,7);1-2H2,(H2,5,6). The van der Waals surface area contributed by atoms with Gasteiger partial charge in [0.1, 0.15) is 4.83 Å². The number of nitrogens with two attached hydrogens (primary N) is 2. The Morgan fingerprint density at radius 1 is 1.23 bits per heavy atom. The van der Waals surface area contributed by atoms with Crippen LogP contribution in [0.4, 0.5) is 0 Å². The maximum Gasteiger partial charge on any atom is 0.232 e. The highest BCUT2D eigenvalue weighted by Gasteiger charge is 2.05. The van der Waals surface area contributed by atoms with Crippen LogP contribution in [0.3, 0.4) is 0 Å². The fourth-order valence-corrected chi connectivity index (χ4v) is 0.879. The molecule has 1 atom stereocenters. The van der Waals surface area contributed by atoms with Crippen LogP contribution < -0.4 is 11.5 Å². The van der Waals surface area contributed by atoms with Gasteiger partial charge in [-0.3, -0.25) is 9.59 Å². The largest absolute Gasteiger partial charge is 0.370 e. The van der Waals surface area contributed by atoms with Gasteiger partial charge >= 0.3 is 0 Å². The average Bonchev–Trinajstić information content (AvgIpc) is 2.03. The minimum Gasteiger partial charge on any atom is -0.370 e. The highest BCUT2D eigenvalue weighted by atomic mass is 79.9. The van der Waals surface area contributed by atoms with E-state index in [2.05, 4.69) is 47.8 Å². The van der Waals surface area contributed by atoms with E-state index in [1.54, 1.807) is 0 Å². The molecule has 2 amide bonds. The first-order valence-corrected chi connectivity index (χ1v) is 6.45. The molecule has 0 aliphatic carbocycles. The third-order valence-electron chi connectivity index (χ3n) is 0.785. The minimum atomic E-state index is -0.336. The molecule has 0 aromatic heterocycles. The molecule has 0 aliphatic rings. The molecule has 0 bridgehead atoms. The van der Waals surface area contributed by atoms with Crippen molar-refractivity contribution in [2.75, 3.05) is 10.7 Å². The lowest BCUT2D eigenvalue weighted by Gasteiger charge is -1.94. The van der Waals surface area contributed by atoms with Gasteiger partial charge in [0.2, 0.25) is 11.8 Å². The van der Waals surface area contributed by atoms with E-state index in [4.69, 9.17) is 11.5 Å². The van der Waals surface area contributed by atoms with Crippen LogP contribution in [0, 0.1) is 0 Å². The molecule has 0 fully saturated rings. The number of alkyl halides is 3. The Balaban J connectivity index is 0. The molecule has 0 saturated heterocycles. The maximum atomic E-state index is 10.1. The molecule has 4 N–H and O–H groups in total. The highest BCUT2D eigenvalue weighted by molar-refractivity contribution is 9.12. The van der Waals surface area contributed by atoms with Crippen LogP contribution in [0.5, 0.6) is 0 Å². The molecule has 4 nitrogen and oxygen atoms in total. The summed E-state index contributed by atoms with van der Waals surface area (Å²) in [5.74, 6) is -0.594. The number of rotatable bonds is 4. The zero-order chi connectivity index (χ0) is 10.9. The number of amides is 2. The molecule has 0 aromatic carbocycles. The summed E-state index contributed by atoms with van der Waals surface area (Å²) in [5, 5.41) is 1.24. The lowest BCUT2D eigenvalue weighted by atomic mass is 10.5. The SMILES string of the molecule is NC(=O)C(Br)CBr.NC(=O)CCBr. The quantitative estimate of drug-likeness (QED) is 0.707. The maximum absolute atomic E-state index is 10.1. The Kier molecular flexibility index (Phi) is 12.7. The molecular weight excluding hydrogens is 372 g/mol. The van der Waals surface area contributed by atoms with E-state index in [-0.39, 0.29) is 16.6 Å². The van der Waals surface area contributed by atoms with Gasteiger partial charge in [-0.2, -0.15) is 0 Å². The van der Waals surface area contributed by atoms with Crippen LogP contribution in [0.1, 0.15) is 6.42 Å². The molecule has 0 saturated carbocycles. The van der Waals surface area contributed by atoms with Crippen molar-refractivity contribution in [3.05, 3.63) is 0 Å². The Morgan fingerprint density at radius 3 is 1.69 bits per heavy atom.